The molecule has 1 aliphatic rings. The van der Waals surface area contributed by atoms with E-state index in [4.69, 9.17) is 0 Å². The first-order valence-corrected chi connectivity index (χ1v) is 7.14. The summed E-state index contributed by atoms with van der Waals surface area (Å²) < 4.78 is 12.7. The minimum absolute atomic E-state index is 0.173. The molecule has 0 unspecified atom stereocenters. The standard InChI is InChI=1S/C13H14FN3O2S/c14-10-3-1-9(2-4-10)12(19)15-6-5-11(18)17-13-16-7-8-20-13/h1-4H,5-8H2,(H,15,19)(H,16,17,18). The summed E-state index contributed by atoms with van der Waals surface area (Å²) in [5.41, 5.74) is 0.363. The lowest BCUT2D eigenvalue weighted by Crippen LogP contribution is -2.32. The number of benzene rings is 1. The molecule has 1 heterocycles. The molecule has 0 atom stereocenters. The molecule has 7 heteroatoms. The maximum atomic E-state index is 12.7. The van der Waals surface area contributed by atoms with Crippen molar-refractivity contribution in [3.8, 4) is 0 Å². The van der Waals surface area contributed by atoms with Gasteiger partial charge < -0.3 is 10.6 Å². The molecule has 0 saturated carbocycles. The van der Waals surface area contributed by atoms with Gasteiger partial charge in [0.25, 0.3) is 5.91 Å². The van der Waals surface area contributed by atoms with Crippen molar-refractivity contribution in [2.45, 2.75) is 6.42 Å². The van der Waals surface area contributed by atoms with E-state index in [0.717, 1.165) is 12.3 Å². The van der Waals surface area contributed by atoms with Crippen LogP contribution in [-0.4, -0.2) is 35.8 Å². The van der Waals surface area contributed by atoms with E-state index in [9.17, 15) is 14.0 Å². The average Bonchev–Trinajstić information content (AvgIpc) is 2.92. The van der Waals surface area contributed by atoms with Gasteiger partial charge in [-0.2, -0.15) is 0 Å². The van der Waals surface area contributed by atoms with Crippen molar-refractivity contribution in [3.63, 3.8) is 0 Å². The van der Waals surface area contributed by atoms with Crippen LogP contribution in [0.1, 0.15) is 16.8 Å². The predicted molar refractivity (Wildman–Crippen MR) is 76.3 cm³/mol. The van der Waals surface area contributed by atoms with Gasteiger partial charge in [-0.25, -0.2) is 4.39 Å². The van der Waals surface area contributed by atoms with Gasteiger partial charge in [0.05, 0.1) is 6.54 Å². The lowest BCUT2D eigenvalue weighted by molar-refractivity contribution is -0.119. The summed E-state index contributed by atoms with van der Waals surface area (Å²) in [6.45, 7) is 0.946. The Morgan fingerprint density at radius 2 is 2.05 bits per heavy atom. The first kappa shape index (κ1) is 14.5. The third-order valence-electron chi connectivity index (χ3n) is 2.58. The molecule has 1 aliphatic heterocycles. The Balaban J connectivity index is 1.71. The molecule has 2 amide bonds. The quantitative estimate of drug-likeness (QED) is 0.876. The van der Waals surface area contributed by atoms with Gasteiger partial charge in [0.1, 0.15) is 5.82 Å². The Labute approximate surface area is 120 Å². The monoisotopic (exact) mass is 295 g/mol. The maximum Gasteiger partial charge on any atom is 0.251 e. The van der Waals surface area contributed by atoms with Crippen LogP contribution in [0.15, 0.2) is 29.3 Å². The van der Waals surface area contributed by atoms with Gasteiger partial charge in [-0.1, -0.05) is 11.8 Å². The van der Waals surface area contributed by atoms with E-state index < -0.39 is 5.82 Å². The fourth-order valence-corrected chi connectivity index (χ4v) is 2.33. The van der Waals surface area contributed by atoms with E-state index in [2.05, 4.69) is 15.6 Å². The lowest BCUT2D eigenvalue weighted by atomic mass is 10.2. The summed E-state index contributed by atoms with van der Waals surface area (Å²) in [5.74, 6) is -0.0181. The Kier molecular flexibility index (Phi) is 5.11. The van der Waals surface area contributed by atoms with E-state index in [-0.39, 0.29) is 24.8 Å². The molecule has 0 aliphatic carbocycles. The van der Waals surface area contributed by atoms with Crippen molar-refractivity contribution >= 4 is 28.7 Å². The topological polar surface area (TPSA) is 70.6 Å². The van der Waals surface area contributed by atoms with Crippen LogP contribution in [0.2, 0.25) is 0 Å². The van der Waals surface area contributed by atoms with Gasteiger partial charge in [0.15, 0.2) is 5.17 Å². The zero-order valence-electron chi connectivity index (χ0n) is 10.7. The zero-order valence-corrected chi connectivity index (χ0v) is 11.5. The number of halogens is 1. The van der Waals surface area contributed by atoms with Crippen LogP contribution in [0, 0.1) is 5.82 Å². The van der Waals surface area contributed by atoms with Gasteiger partial charge >= 0.3 is 0 Å². The minimum Gasteiger partial charge on any atom is -0.352 e. The number of amidine groups is 1. The number of rotatable bonds is 4. The molecule has 0 radical (unpaired) electrons. The van der Waals surface area contributed by atoms with Crippen LogP contribution in [0.3, 0.4) is 0 Å². The molecule has 106 valence electrons. The van der Waals surface area contributed by atoms with Crippen molar-refractivity contribution in [1.29, 1.82) is 0 Å². The fourth-order valence-electron chi connectivity index (χ4n) is 1.59. The zero-order chi connectivity index (χ0) is 14.4. The lowest BCUT2D eigenvalue weighted by Gasteiger charge is -2.06. The van der Waals surface area contributed by atoms with E-state index in [1.54, 1.807) is 0 Å². The molecule has 0 spiro atoms. The molecule has 2 rings (SSSR count). The molecular weight excluding hydrogens is 281 g/mol. The van der Waals surface area contributed by atoms with Gasteiger partial charge in [-0.15, -0.1) is 0 Å². The highest BCUT2D eigenvalue weighted by atomic mass is 32.2. The van der Waals surface area contributed by atoms with Crippen LogP contribution in [-0.2, 0) is 4.79 Å². The summed E-state index contributed by atoms with van der Waals surface area (Å²) >= 11 is 1.50. The highest BCUT2D eigenvalue weighted by Crippen LogP contribution is 2.08. The first-order chi connectivity index (χ1) is 9.65. The number of hydrogen-bond acceptors (Lipinski definition) is 4. The van der Waals surface area contributed by atoms with Crippen LogP contribution in [0.4, 0.5) is 4.39 Å². The average molecular weight is 295 g/mol. The van der Waals surface area contributed by atoms with E-state index in [0.29, 0.717) is 10.7 Å². The minimum atomic E-state index is -0.393. The second kappa shape index (κ2) is 7.04. The van der Waals surface area contributed by atoms with E-state index in [1.807, 2.05) is 0 Å². The highest BCUT2D eigenvalue weighted by Gasteiger charge is 2.11. The first-order valence-electron chi connectivity index (χ1n) is 6.16. The Bertz CT molecular complexity index is 531. The van der Waals surface area contributed by atoms with Gasteiger partial charge in [-0.05, 0) is 24.3 Å². The van der Waals surface area contributed by atoms with Gasteiger partial charge in [0, 0.05) is 24.3 Å². The number of amides is 2. The second-order valence-electron chi connectivity index (χ2n) is 4.10. The molecule has 0 fully saturated rings. The largest absolute Gasteiger partial charge is 0.352 e. The SMILES string of the molecule is O=C(CCNC(=O)c1ccc(F)cc1)NC1=NCCS1. The van der Waals surface area contributed by atoms with Crippen molar-refractivity contribution in [1.82, 2.24) is 10.6 Å². The van der Waals surface area contributed by atoms with Crippen LogP contribution in [0.5, 0.6) is 0 Å². The molecule has 0 saturated heterocycles. The summed E-state index contributed by atoms with van der Waals surface area (Å²) in [5, 5.41) is 5.92. The smallest absolute Gasteiger partial charge is 0.251 e. The number of hydrogen-bond donors (Lipinski definition) is 2. The molecular formula is C13H14FN3O2S. The van der Waals surface area contributed by atoms with Crippen LogP contribution >= 0.6 is 11.8 Å². The second-order valence-corrected chi connectivity index (χ2v) is 5.18. The Hall–Kier alpha value is -1.89. The molecule has 1 aromatic carbocycles. The Morgan fingerprint density at radius 3 is 2.70 bits per heavy atom. The van der Waals surface area contributed by atoms with Gasteiger partial charge in [-0.3, -0.25) is 14.6 Å². The summed E-state index contributed by atoms with van der Waals surface area (Å²) in [6.07, 6.45) is 0.173. The molecule has 0 bridgehead atoms. The summed E-state index contributed by atoms with van der Waals surface area (Å²) in [4.78, 5) is 27.3. The number of carbonyl (C=O) groups is 2. The molecule has 5 nitrogen and oxygen atoms in total. The third-order valence-corrected chi connectivity index (χ3v) is 3.47. The van der Waals surface area contributed by atoms with Crippen LogP contribution in [0.25, 0.3) is 0 Å². The number of nitrogens with zero attached hydrogens (tertiary/aromatic N) is 1. The molecule has 0 aromatic heterocycles. The number of aliphatic imine (C=N–C) groups is 1. The number of carbonyl (C=O) groups excluding carboxylic acids is 2. The number of nitrogens with one attached hydrogen (secondary N) is 2. The maximum absolute atomic E-state index is 12.7. The van der Waals surface area contributed by atoms with E-state index >= 15 is 0 Å². The number of thioether (sulfide) groups is 1. The molecule has 1 aromatic rings. The molecule has 2 N–H and O–H groups in total. The van der Waals surface area contributed by atoms with E-state index in [1.165, 1.54) is 36.0 Å². The highest BCUT2D eigenvalue weighted by molar-refractivity contribution is 8.14. The summed E-state index contributed by atoms with van der Waals surface area (Å²) in [7, 11) is 0. The van der Waals surface area contributed by atoms with Crippen molar-refractivity contribution in [2.24, 2.45) is 4.99 Å². The Morgan fingerprint density at radius 1 is 1.30 bits per heavy atom. The van der Waals surface area contributed by atoms with Crippen LogP contribution < -0.4 is 10.6 Å². The van der Waals surface area contributed by atoms with Gasteiger partial charge in [0.2, 0.25) is 5.91 Å². The van der Waals surface area contributed by atoms with Crippen molar-refractivity contribution in [3.05, 3.63) is 35.6 Å². The normalized spacial score (nSPS) is 13.8. The summed E-state index contributed by atoms with van der Waals surface area (Å²) in [6, 6.07) is 5.23. The van der Waals surface area contributed by atoms with Crippen molar-refractivity contribution < 1.29 is 14.0 Å². The molecule has 20 heavy (non-hydrogen) atoms. The predicted octanol–water partition coefficient (Wildman–Crippen LogP) is 1.16. The van der Waals surface area contributed by atoms with Crippen molar-refractivity contribution in [2.75, 3.05) is 18.8 Å². The third kappa shape index (κ3) is 4.34. The fraction of sp³-hybridized carbons (Fsp3) is 0.308.